The zero-order valence-electron chi connectivity index (χ0n) is 10.9. The van der Waals surface area contributed by atoms with E-state index in [-0.39, 0.29) is 5.92 Å². The highest BCUT2D eigenvalue weighted by Crippen LogP contribution is 2.31. The molecule has 0 fully saturated rings. The summed E-state index contributed by atoms with van der Waals surface area (Å²) in [5.41, 5.74) is 2.39. The monoisotopic (exact) mass is 222 g/mol. The predicted octanol–water partition coefficient (Wildman–Crippen LogP) is 2.79. The predicted molar refractivity (Wildman–Crippen MR) is 66.5 cm³/mol. The molecule has 0 saturated heterocycles. The molecule has 0 bridgehead atoms. The lowest BCUT2D eigenvalue weighted by Crippen LogP contribution is -2.37. The molecule has 1 unspecified atom stereocenters. The van der Waals surface area contributed by atoms with Crippen LogP contribution in [-0.4, -0.2) is 18.8 Å². The molecule has 0 amide bonds. The van der Waals surface area contributed by atoms with E-state index in [1.165, 1.54) is 11.1 Å². The number of hydrogen-bond acceptors (Lipinski definition) is 2. The molecule has 16 heavy (non-hydrogen) atoms. The van der Waals surface area contributed by atoms with Crippen molar-refractivity contribution in [2.24, 2.45) is 5.92 Å². The van der Waals surface area contributed by atoms with Crippen molar-refractivity contribution in [2.45, 2.75) is 33.3 Å². The third-order valence-electron chi connectivity index (χ3n) is 3.04. The molecule has 0 heterocycles. The van der Waals surface area contributed by atoms with Gasteiger partial charge in [0.15, 0.2) is 0 Å². The van der Waals surface area contributed by atoms with Gasteiger partial charge in [0, 0.05) is 7.11 Å². The molecule has 1 rings (SSSR count). The van der Waals surface area contributed by atoms with Crippen LogP contribution in [0.1, 0.15) is 30.5 Å². The van der Waals surface area contributed by atoms with E-state index in [2.05, 4.69) is 6.07 Å². The first-order chi connectivity index (χ1) is 7.40. The number of aliphatic hydroxyl groups is 1. The summed E-state index contributed by atoms with van der Waals surface area (Å²) in [5.74, 6) is 0.119. The van der Waals surface area contributed by atoms with Gasteiger partial charge in [0.05, 0.1) is 6.61 Å². The van der Waals surface area contributed by atoms with E-state index in [1.54, 1.807) is 7.11 Å². The van der Waals surface area contributed by atoms with Gasteiger partial charge in [-0.1, -0.05) is 43.2 Å². The zero-order valence-corrected chi connectivity index (χ0v) is 10.9. The molecule has 0 saturated carbocycles. The molecule has 2 nitrogen and oxygen atoms in total. The average molecular weight is 222 g/mol. The normalized spacial score (nSPS) is 15.2. The smallest absolute Gasteiger partial charge is 0.115 e. The van der Waals surface area contributed by atoms with E-state index in [1.807, 2.05) is 39.8 Å². The van der Waals surface area contributed by atoms with Crippen molar-refractivity contribution in [3.8, 4) is 0 Å². The van der Waals surface area contributed by atoms with Gasteiger partial charge < -0.3 is 9.84 Å². The third kappa shape index (κ3) is 2.63. The molecule has 0 spiro atoms. The van der Waals surface area contributed by atoms with E-state index in [9.17, 15) is 5.11 Å². The highest BCUT2D eigenvalue weighted by molar-refractivity contribution is 5.33. The maximum Gasteiger partial charge on any atom is 0.115 e. The van der Waals surface area contributed by atoms with Crippen LogP contribution in [0.3, 0.4) is 0 Å². The van der Waals surface area contributed by atoms with Gasteiger partial charge in [-0.2, -0.15) is 0 Å². The Balaban J connectivity index is 3.20. The van der Waals surface area contributed by atoms with Crippen molar-refractivity contribution in [3.05, 3.63) is 34.9 Å². The van der Waals surface area contributed by atoms with Crippen LogP contribution in [0, 0.1) is 19.8 Å². The van der Waals surface area contributed by atoms with Crippen LogP contribution in [0.5, 0.6) is 0 Å². The van der Waals surface area contributed by atoms with Crippen LogP contribution in [-0.2, 0) is 10.3 Å². The number of hydrogen-bond donors (Lipinski definition) is 1. The Bertz CT molecular complexity index is 338. The Hall–Kier alpha value is -0.860. The van der Waals surface area contributed by atoms with Gasteiger partial charge in [0.1, 0.15) is 5.60 Å². The maximum absolute atomic E-state index is 10.7. The molecule has 0 aliphatic heterocycles. The van der Waals surface area contributed by atoms with Crippen LogP contribution in [0.4, 0.5) is 0 Å². The average Bonchev–Trinajstić information content (AvgIpc) is 2.16. The first-order valence-corrected chi connectivity index (χ1v) is 5.70. The minimum absolute atomic E-state index is 0.119. The van der Waals surface area contributed by atoms with Crippen molar-refractivity contribution in [2.75, 3.05) is 13.7 Å². The molecule has 90 valence electrons. The maximum atomic E-state index is 10.7. The van der Waals surface area contributed by atoms with Gasteiger partial charge in [-0.25, -0.2) is 0 Å². The molecule has 0 aromatic heterocycles. The number of ether oxygens (including phenoxy) is 1. The van der Waals surface area contributed by atoms with Crippen molar-refractivity contribution in [1.29, 1.82) is 0 Å². The molecule has 1 atom stereocenters. The first-order valence-electron chi connectivity index (χ1n) is 5.70. The minimum Gasteiger partial charge on any atom is -0.382 e. The SMILES string of the molecule is COCC(O)(c1cc(C)cc(C)c1)C(C)C. The second-order valence-electron chi connectivity index (χ2n) is 4.89. The minimum atomic E-state index is -0.897. The van der Waals surface area contributed by atoms with E-state index >= 15 is 0 Å². The largest absolute Gasteiger partial charge is 0.382 e. The van der Waals surface area contributed by atoms with Crippen molar-refractivity contribution in [3.63, 3.8) is 0 Å². The molecular weight excluding hydrogens is 200 g/mol. The van der Waals surface area contributed by atoms with Gasteiger partial charge in [0.2, 0.25) is 0 Å². The van der Waals surface area contributed by atoms with Crippen LogP contribution >= 0.6 is 0 Å². The van der Waals surface area contributed by atoms with Gasteiger partial charge in [-0.3, -0.25) is 0 Å². The summed E-state index contributed by atoms with van der Waals surface area (Å²) in [7, 11) is 1.62. The summed E-state index contributed by atoms with van der Waals surface area (Å²) in [4.78, 5) is 0. The summed E-state index contributed by atoms with van der Waals surface area (Å²) < 4.78 is 5.15. The highest BCUT2D eigenvalue weighted by Gasteiger charge is 2.33. The van der Waals surface area contributed by atoms with Gasteiger partial charge >= 0.3 is 0 Å². The van der Waals surface area contributed by atoms with Gasteiger partial charge in [-0.05, 0) is 25.3 Å². The standard InChI is InChI=1S/C14H22O2/c1-10(2)14(15,9-16-5)13-7-11(3)6-12(4)8-13/h6-8,10,15H,9H2,1-5H3. The van der Waals surface area contributed by atoms with Crippen molar-refractivity contribution in [1.82, 2.24) is 0 Å². The molecule has 1 aromatic rings. The fourth-order valence-corrected chi connectivity index (χ4v) is 2.03. The Labute approximate surface area is 98.3 Å². The molecule has 1 aromatic carbocycles. The van der Waals surface area contributed by atoms with Crippen molar-refractivity contribution < 1.29 is 9.84 Å². The quantitative estimate of drug-likeness (QED) is 0.849. The van der Waals surface area contributed by atoms with Gasteiger partial charge in [-0.15, -0.1) is 0 Å². The first kappa shape index (κ1) is 13.2. The Kier molecular flexibility index (Phi) is 4.11. The van der Waals surface area contributed by atoms with E-state index < -0.39 is 5.60 Å². The second-order valence-corrected chi connectivity index (χ2v) is 4.89. The molecule has 0 radical (unpaired) electrons. The van der Waals surface area contributed by atoms with Crippen molar-refractivity contribution >= 4 is 0 Å². The highest BCUT2D eigenvalue weighted by atomic mass is 16.5. The summed E-state index contributed by atoms with van der Waals surface area (Å²) >= 11 is 0. The van der Waals surface area contributed by atoms with Crippen LogP contribution in [0.2, 0.25) is 0 Å². The number of rotatable bonds is 4. The van der Waals surface area contributed by atoms with Crippen LogP contribution < -0.4 is 0 Å². The number of benzene rings is 1. The van der Waals surface area contributed by atoms with E-state index in [4.69, 9.17) is 4.74 Å². The topological polar surface area (TPSA) is 29.5 Å². The second kappa shape index (κ2) is 4.98. The van der Waals surface area contributed by atoms with Gasteiger partial charge in [0.25, 0.3) is 0 Å². The molecule has 0 aliphatic rings. The Morgan fingerprint density at radius 2 is 1.69 bits per heavy atom. The summed E-state index contributed by atoms with van der Waals surface area (Å²) in [6.45, 7) is 8.44. The molecule has 1 N–H and O–H groups in total. The van der Waals surface area contributed by atoms with E-state index in [0.717, 1.165) is 5.56 Å². The Morgan fingerprint density at radius 3 is 2.06 bits per heavy atom. The fraction of sp³-hybridized carbons (Fsp3) is 0.571. The number of methoxy groups -OCH3 is 1. The Morgan fingerprint density at radius 1 is 1.19 bits per heavy atom. The molecular formula is C14H22O2. The van der Waals surface area contributed by atoms with Crippen LogP contribution in [0.25, 0.3) is 0 Å². The summed E-state index contributed by atoms with van der Waals surface area (Å²) in [5, 5.41) is 10.7. The van der Waals surface area contributed by atoms with Crippen LogP contribution in [0.15, 0.2) is 18.2 Å². The fourth-order valence-electron chi connectivity index (χ4n) is 2.03. The zero-order chi connectivity index (χ0) is 12.3. The lowest BCUT2D eigenvalue weighted by molar-refractivity contribution is -0.0701. The molecule has 0 aliphatic carbocycles. The molecule has 2 heteroatoms. The third-order valence-corrected chi connectivity index (χ3v) is 3.04. The number of aryl methyl sites for hydroxylation is 2. The summed E-state index contributed by atoms with van der Waals surface area (Å²) in [6.07, 6.45) is 0. The van der Waals surface area contributed by atoms with E-state index in [0.29, 0.717) is 6.61 Å². The summed E-state index contributed by atoms with van der Waals surface area (Å²) in [6, 6.07) is 6.18. The lowest BCUT2D eigenvalue weighted by atomic mass is 9.83. The lowest BCUT2D eigenvalue weighted by Gasteiger charge is -2.32.